The molecule has 0 saturated carbocycles. The maximum absolute atomic E-state index is 13.1. The number of anilines is 2. The average molecular weight is 507 g/mol. The lowest BCUT2D eigenvalue weighted by atomic mass is 9.99. The van der Waals surface area contributed by atoms with E-state index in [0.717, 1.165) is 12.4 Å². The Labute approximate surface area is 193 Å². The van der Waals surface area contributed by atoms with Crippen LogP contribution in [0.2, 0.25) is 0 Å². The maximum atomic E-state index is 13.1. The van der Waals surface area contributed by atoms with Gasteiger partial charge in [-0.1, -0.05) is 11.6 Å². The van der Waals surface area contributed by atoms with Crippen LogP contribution in [-0.2, 0) is 15.6 Å². The van der Waals surface area contributed by atoms with Crippen LogP contribution in [-0.4, -0.2) is 64.6 Å². The number of aliphatic hydroxyl groups is 1. The minimum atomic E-state index is -4.91. The van der Waals surface area contributed by atoms with Crippen LogP contribution in [0.15, 0.2) is 46.7 Å². The Morgan fingerprint density at radius 2 is 1.85 bits per heavy atom. The van der Waals surface area contributed by atoms with Gasteiger partial charge in [0.15, 0.2) is 5.60 Å². The molecular formula is C19H22ClF3N6O3S. The van der Waals surface area contributed by atoms with E-state index >= 15 is 0 Å². The van der Waals surface area contributed by atoms with Crippen molar-refractivity contribution >= 4 is 33.4 Å². The predicted octanol–water partition coefficient (Wildman–Crippen LogP) is 2.25. The standard InChI is InChI=1S/C19H22ClF3N6O3S/c1-12(20)7-14-11-28(33(31,32)15-3-4-16(24)25-10-15)5-6-29(14)17-26-8-13(9-27-17)18(2,30)19(21,22)23/h3-4,7-10,14,30H,5-6,11H2,1-2H3,(H2,24,25)/t14-,18?/m0/s1. The summed E-state index contributed by atoms with van der Waals surface area (Å²) in [5.41, 5.74) is 1.90. The smallest absolute Gasteiger partial charge is 0.384 e. The largest absolute Gasteiger partial charge is 0.421 e. The molecule has 9 nitrogen and oxygen atoms in total. The van der Waals surface area contributed by atoms with E-state index in [0.29, 0.717) is 12.0 Å². The molecule has 2 aromatic rings. The van der Waals surface area contributed by atoms with Gasteiger partial charge in [0.05, 0.1) is 6.04 Å². The Bertz CT molecular complexity index is 1120. The number of rotatable bonds is 5. The van der Waals surface area contributed by atoms with Crippen LogP contribution in [0.5, 0.6) is 0 Å². The molecule has 14 heteroatoms. The van der Waals surface area contributed by atoms with Gasteiger partial charge in [-0.15, -0.1) is 0 Å². The molecule has 3 heterocycles. The van der Waals surface area contributed by atoms with E-state index in [2.05, 4.69) is 15.0 Å². The number of alkyl halides is 3. The Morgan fingerprint density at radius 1 is 1.21 bits per heavy atom. The second kappa shape index (κ2) is 9.05. The average Bonchev–Trinajstić information content (AvgIpc) is 2.73. The van der Waals surface area contributed by atoms with Gasteiger partial charge in [-0.3, -0.25) is 0 Å². The predicted molar refractivity (Wildman–Crippen MR) is 116 cm³/mol. The van der Waals surface area contributed by atoms with Crippen LogP contribution in [0.3, 0.4) is 0 Å². The Balaban J connectivity index is 1.88. The molecule has 0 amide bonds. The monoisotopic (exact) mass is 506 g/mol. The van der Waals surface area contributed by atoms with Crippen molar-refractivity contribution < 1.29 is 26.7 Å². The molecule has 1 unspecified atom stereocenters. The third-order valence-corrected chi connectivity index (χ3v) is 7.18. The normalized spacial score (nSPS) is 20.5. The van der Waals surface area contributed by atoms with Crippen LogP contribution in [0.1, 0.15) is 19.4 Å². The first-order valence-corrected chi connectivity index (χ1v) is 11.5. The second-order valence-electron chi connectivity index (χ2n) is 7.64. The van der Waals surface area contributed by atoms with Crippen LogP contribution >= 0.6 is 11.6 Å². The van der Waals surface area contributed by atoms with Crippen molar-refractivity contribution in [3.63, 3.8) is 0 Å². The zero-order valence-corrected chi connectivity index (χ0v) is 19.2. The van der Waals surface area contributed by atoms with Gasteiger partial charge >= 0.3 is 6.18 Å². The van der Waals surface area contributed by atoms with Crippen molar-refractivity contribution in [1.82, 2.24) is 19.3 Å². The Morgan fingerprint density at radius 3 is 2.36 bits per heavy atom. The van der Waals surface area contributed by atoms with Crippen LogP contribution in [0, 0.1) is 0 Å². The number of hydrogen-bond acceptors (Lipinski definition) is 8. The number of sulfonamides is 1. The number of pyridine rings is 1. The van der Waals surface area contributed by atoms with Crippen LogP contribution in [0.4, 0.5) is 24.9 Å². The summed E-state index contributed by atoms with van der Waals surface area (Å²) in [4.78, 5) is 13.4. The number of hydrogen-bond donors (Lipinski definition) is 2. The van der Waals surface area contributed by atoms with Crippen molar-refractivity contribution in [2.75, 3.05) is 30.3 Å². The summed E-state index contributed by atoms with van der Waals surface area (Å²) in [5.74, 6) is 0.254. The van der Waals surface area contributed by atoms with E-state index in [1.165, 1.54) is 22.6 Å². The summed E-state index contributed by atoms with van der Waals surface area (Å²) >= 11 is 6.04. The zero-order valence-electron chi connectivity index (χ0n) is 17.7. The molecule has 180 valence electrons. The summed E-state index contributed by atoms with van der Waals surface area (Å²) in [6.45, 7) is 2.42. The van der Waals surface area contributed by atoms with Crippen molar-refractivity contribution in [1.29, 1.82) is 0 Å². The summed E-state index contributed by atoms with van der Waals surface area (Å²) in [7, 11) is -3.88. The fourth-order valence-electron chi connectivity index (χ4n) is 3.24. The number of allylic oxidation sites excluding steroid dienone is 1. The maximum Gasteiger partial charge on any atom is 0.421 e. The molecule has 2 atom stereocenters. The van der Waals surface area contributed by atoms with Crippen molar-refractivity contribution in [3.8, 4) is 0 Å². The Hall–Kier alpha value is -2.48. The molecule has 1 aliphatic heterocycles. The third kappa shape index (κ3) is 5.21. The molecule has 0 radical (unpaired) electrons. The van der Waals surface area contributed by atoms with Gasteiger partial charge in [-0.2, -0.15) is 17.5 Å². The lowest BCUT2D eigenvalue weighted by Crippen LogP contribution is -2.54. The van der Waals surface area contributed by atoms with E-state index < -0.39 is 33.4 Å². The zero-order chi connectivity index (χ0) is 24.6. The summed E-state index contributed by atoms with van der Waals surface area (Å²) < 4.78 is 66.6. The first kappa shape index (κ1) is 25.1. The third-order valence-electron chi connectivity index (χ3n) is 5.21. The highest BCUT2D eigenvalue weighted by Crippen LogP contribution is 2.38. The number of nitrogen functional groups attached to an aromatic ring is 1. The van der Waals surface area contributed by atoms with Crippen molar-refractivity contribution in [3.05, 3.63) is 47.4 Å². The summed E-state index contributed by atoms with van der Waals surface area (Å²) in [6.07, 6.45) is -0.340. The van der Waals surface area contributed by atoms with Crippen molar-refractivity contribution in [2.24, 2.45) is 0 Å². The molecule has 1 fully saturated rings. The molecule has 0 aromatic carbocycles. The van der Waals surface area contributed by atoms with E-state index in [9.17, 15) is 26.7 Å². The summed E-state index contributed by atoms with van der Waals surface area (Å²) in [6, 6.07) is 2.15. The Kier molecular flexibility index (Phi) is 6.89. The number of piperazine rings is 1. The fourth-order valence-corrected chi connectivity index (χ4v) is 4.78. The van der Waals surface area contributed by atoms with Crippen molar-refractivity contribution in [2.45, 2.75) is 36.6 Å². The molecule has 3 rings (SSSR count). The molecule has 0 aliphatic carbocycles. The first-order valence-electron chi connectivity index (χ1n) is 9.67. The molecule has 3 N–H and O–H groups in total. The lowest BCUT2D eigenvalue weighted by Gasteiger charge is -2.39. The molecule has 2 aromatic heterocycles. The van der Waals surface area contributed by atoms with Gasteiger partial charge in [-0.25, -0.2) is 23.4 Å². The molecular weight excluding hydrogens is 485 g/mol. The van der Waals surface area contributed by atoms with E-state index in [4.69, 9.17) is 17.3 Å². The van der Waals surface area contributed by atoms with Crippen LogP contribution in [0.25, 0.3) is 0 Å². The first-order chi connectivity index (χ1) is 15.2. The highest BCUT2D eigenvalue weighted by atomic mass is 35.5. The minimum absolute atomic E-state index is 0.0118. The van der Waals surface area contributed by atoms with Gasteiger partial charge in [-0.05, 0) is 32.1 Å². The highest BCUT2D eigenvalue weighted by molar-refractivity contribution is 7.89. The van der Waals surface area contributed by atoms with Gasteiger partial charge in [0.1, 0.15) is 10.7 Å². The van der Waals surface area contributed by atoms with Gasteiger partial charge in [0.25, 0.3) is 0 Å². The SMILES string of the molecule is CC(Cl)=C[C@H]1CN(S(=O)(=O)c2ccc(N)nc2)CCN1c1ncc(C(C)(O)C(F)(F)F)cn1. The van der Waals surface area contributed by atoms with Gasteiger partial charge in [0.2, 0.25) is 16.0 Å². The number of aromatic nitrogens is 3. The molecule has 33 heavy (non-hydrogen) atoms. The van der Waals surface area contributed by atoms with E-state index in [1.54, 1.807) is 17.9 Å². The second-order valence-corrected chi connectivity index (χ2v) is 10.2. The fraction of sp³-hybridized carbons (Fsp3) is 0.421. The minimum Gasteiger partial charge on any atom is -0.384 e. The molecule has 0 bridgehead atoms. The summed E-state index contributed by atoms with van der Waals surface area (Å²) in [5, 5.41) is 10.2. The quantitative estimate of drug-likeness (QED) is 0.632. The highest BCUT2D eigenvalue weighted by Gasteiger charge is 2.51. The van der Waals surface area contributed by atoms with Crippen LogP contribution < -0.4 is 10.6 Å². The lowest BCUT2D eigenvalue weighted by molar-refractivity contribution is -0.259. The van der Waals surface area contributed by atoms with E-state index in [-0.39, 0.29) is 36.3 Å². The van der Waals surface area contributed by atoms with E-state index in [1.807, 2.05) is 0 Å². The number of nitrogens with two attached hydrogens (primary N) is 1. The number of nitrogens with zero attached hydrogens (tertiary/aromatic N) is 5. The topological polar surface area (TPSA) is 126 Å². The molecule has 0 spiro atoms. The number of halogens is 4. The molecule has 1 aliphatic rings. The molecule has 1 saturated heterocycles. The van der Waals surface area contributed by atoms with Gasteiger partial charge < -0.3 is 15.7 Å². The van der Waals surface area contributed by atoms with Gasteiger partial charge in [0, 0.05) is 48.8 Å².